The number of alkyl halides is 3. The number of carbonyl (C=O) groups is 1. The molecule has 20 heavy (non-hydrogen) atoms. The van der Waals surface area contributed by atoms with Crippen molar-refractivity contribution in [2.45, 2.75) is 38.4 Å². The zero-order chi connectivity index (χ0) is 14.8. The molecule has 112 valence electrons. The number of rotatable bonds is 3. The number of thiophene rings is 1. The van der Waals surface area contributed by atoms with Gasteiger partial charge in [0.2, 0.25) is 5.91 Å². The molecule has 1 aromatic rings. The fourth-order valence-electron chi connectivity index (χ4n) is 2.45. The van der Waals surface area contributed by atoms with Gasteiger partial charge in [0.25, 0.3) is 0 Å². The average Bonchev–Trinajstić information content (AvgIpc) is 2.81. The highest BCUT2D eigenvalue weighted by atomic mass is 79.9. The molecule has 0 saturated heterocycles. The third kappa shape index (κ3) is 4.22. The van der Waals surface area contributed by atoms with Gasteiger partial charge in [-0.2, -0.15) is 13.2 Å². The van der Waals surface area contributed by atoms with Gasteiger partial charge in [-0.25, -0.2) is 0 Å². The molecule has 7 heteroatoms. The Kier molecular flexibility index (Phi) is 5.12. The lowest BCUT2D eigenvalue weighted by atomic mass is 9.81. The Morgan fingerprint density at radius 1 is 1.30 bits per heavy atom. The van der Waals surface area contributed by atoms with Crippen LogP contribution in [0.5, 0.6) is 0 Å². The third-order valence-corrected chi connectivity index (χ3v) is 5.25. The second-order valence-electron chi connectivity index (χ2n) is 5.01. The van der Waals surface area contributed by atoms with Crippen molar-refractivity contribution in [1.82, 2.24) is 5.32 Å². The number of halogens is 4. The lowest BCUT2D eigenvalue weighted by molar-refractivity contribution is -0.184. The van der Waals surface area contributed by atoms with E-state index in [9.17, 15) is 18.0 Å². The molecule has 1 N–H and O–H groups in total. The zero-order valence-corrected chi connectivity index (χ0v) is 13.1. The Morgan fingerprint density at radius 3 is 2.45 bits per heavy atom. The molecule has 0 spiro atoms. The summed E-state index contributed by atoms with van der Waals surface area (Å²) in [5.41, 5.74) is 0. The molecular weight excluding hydrogens is 355 g/mol. The first kappa shape index (κ1) is 15.8. The fourth-order valence-corrected chi connectivity index (χ4v) is 3.87. The molecule has 1 aliphatic rings. The summed E-state index contributed by atoms with van der Waals surface area (Å²) in [6.45, 7) is 0.439. The van der Waals surface area contributed by atoms with Gasteiger partial charge >= 0.3 is 6.18 Å². The molecule has 1 aromatic heterocycles. The van der Waals surface area contributed by atoms with Gasteiger partial charge in [-0.3, -0.25) is 4.79 Å². The Morgan fingerprint density at radius 2 is 1.95 bits per heavy atom. The molecule has 0 atom stereocenters. The molecular formula is C13H15BrF3NOS. The second kappa shape index (κ2) is 6.47. The van der Waals surface area contributed by atoms with Gasteiger partial charge in [-0.1, -0.05) is 0 Å². The highest BCUT2D eigenvalue weighted by Crippen LogP contribution is 2.39. The van der Waals surface area contributed by atoms with E-state index < -0.39 is 12.1 Å². The molecule has 1 amide bonds. The van der Waals surface area contributed by atoms with E-state index in [4.69, 9.17) is 0 Å². The van der Waals surface area contributed by atoms with Crippen LogP contribution < -0.4 is 5.32 Å². The topological polar surface area (TPSA) is 29.1 Å². The quantitative estimate of drug-likeness (QED) is 0.834. The minimum absolute atomic E-state index is 0.0616. The van der Waals surface area contributed by atoms with Crippen LogP contribution in [0.4, 0.5) is 13.2 Å². The van der Waals surface area contributed by atoms with Crippen molar-refractivity contribution >= 4 is 33.2 Å². The fraction of sp³-hybridized carbons (Fsp3) is 0.615. The van der Waals surface area contributed by atoms with Crippen LogP contribution in [-0.4, -0.2) is 12.1 Å². The average molecular weight is 370 g/mol. The van der Waals surface area contributed by atoms with Gasteiger partial charge in [0, 0.05) is 10.8 Å². The molecule has 1 fully saturated rings. The van der Waals surface area contributed by atoms with Crippen LogP contribution in [0, 0.1) is 11.8 Å². The van der Waals surface area contributed by atoms with Crippen LogP contribution in [0.25, 0.3) is 0 Å². The third-order valence-electron chi connectivity index (χ3n) is 3.63. The molecule has 0 unspecified atom stereocenters. The summed E-state index contributed by atoms with van der Waals surface area (Å²) in [5, 5.41) is 2.80. The molecule has 2 rings (SSSR count). The lowest BCUT2D eigenvalue weighted by Crippen LogP contribution is -2.35. The van der Waals surface area contributed by atoms with Crippen molar-refractivity contribution in [2.75, 3.05) is 0 Å². The first-order chi connectivity index (χ1) is 9.36. The van der Waals surface area contributed by atoms with E-state index in [-0.39, 0.29) is 24.7 Å². The summed E-state index contributed by atoms with van der Waals surface area (Å²) in [7, 11) is 0. The van der Waals surface area contributed by atoms with E-state index in [1.54, 1.807) is 0 Å². The van der Waals surface area contributed by atoms with Crippen molar-refractivity contribution in [3.8, 4) is 0 Å². The molecule has 0 bridgehead atoms. The normalized spacial score (nSPS) is 23.6. The van der Waals surface area contributed by atoms with Crippen LogP contribution in [-0.2, 0) is 11.3 Å². The Balaban J connectivity index is 1.77. The Hall–Kier alpha value is -0.560. The first-order valence-corrected chi connectivity index (χ1v) is 8.06. The summed E-state index contributed by atoms with van der Waals surface area (Å²) in [6, 6.07) is 3.82. The number of carbonyl (C=O) groups excluding carboxylic acids is 1. The highest BCUT2D eigenvalue weighted by Gasteiger charge is 2.42. The molecule has 1 heterocycles. The maximum absolute atomic E-state index is 12.5. The lowest BCUT2D eigenvalue weighted by Gasteiger charge is -2.29. The summed E-state index contributed by atoms with van der Waals surface area (Å²) in [4.78, 5) is 13.0. The largest absolute Gasteiger partial charge is 0.391 e. The van der Waals surface area contributed by atoms with Gasteiger partial charge in [0.05, 0.1) is 16.2 Å². The van der Waals surface area contributed by atoms with Crippen LogP contribution in [0.3, 0.4) is 0 Å². The number of hydrogen-bond acceptors (Lipinski definition) is 2. The van der Waals surface area contributed by atoms with Crippen molar-refractivity contribution in [3.05, 3.63) is 20.8 Å². The molecule has 1 aliphatic carbocycles. The van der Waals surface area contributed by atoms with E-state index in [1.165, 1.54) is 11.3 Å². The summed E-state index contributed by atoms with van der Waals surface area (Å²) in [5.74, 6) is -1.65. The Bertz CT molecular complexity index is 466. The van der Waals surface area contributed by atoms with Crippen LogP contribution in [0.1, 0.15) is 30.6 Å². The minimum atomic E-state index is -4.12. The maximum Gasteiger partial charge on any atom is 0.391 e. The predicted octanol–water partition coefficient (Wildman–Crippen LogP) is 4.50. The molecule has 0 radical (unpaired) electrons. The van der Waals surface area contributed by atoms with Crippen LogP contribution >= 0.6 is 27.3 Å². The second-order valence-corrected chi connectivity index (χ2v) is 7.56. The van der Waals surface area contributed by atoms with Gasteiger partial charge in [0.1, 0.15) is 0 Å². The monoisotopic (exact) mass is 369 g/mol. The van der Waals surface area contributed by atoms with Crippen molar-refractivity contribution in [2.24, 2.45) is 11.8 Å². The number of hydrogen-bond donors (Lipinski definition) is 1. The van der Waals surface area contributed by atoms with E-state index in [0.717, 1.165) is 8.66 Å². The number of amides is 1. The smallest absolute Gasteiger partial charge is 0.351 e. The van der Waals surface area contributed by atoms with E-state index in [2.05, 4.69) is 21.2 Å². The van der Waals surface area contributed by atoms with E-state index >= 15 is 0 Å². The standard InChI is InChI=1S/C13H15BrF3NOS/c14-11-6-5-10(20-11)7-18-12(19)8-1-3-9(4-2-8)13(15,16)17/h5-6,8-9H,1-4,7H2,(H,18,19). The Labute approximate surface area is 127 Å². The minimum Gasteiger partial charge on any atom is -0.351 e. The molecule has 2 nitrogen and oxygen atoms in total. The van der Waals surface area contributed by atoms with Gasteiger partial charge in [0.15, 0.2) is 0 Å². The zero-order valence-electron chi connectivity index (χ0n) is 10.7. The maximum atomic E-state index is 12.5. The molecule has 0 aromatic carbocycles. The van der Waals surface area contributed by atoms with E-state index in [1.807, 2.05) is 12.1 Å². The van der Waals surface area contributed by atoms with Crippen molar-refractivity contribution in [1.29, 1.82) is 0 Å². The van der Waals surface area contributed by atoms with Crippen molar-refractivity contribution in [3.63, 3.8) is 0 Å². The summed E-state index contributed by atoms with van der Waals surface area (Å²) >= 11 is 4.87. The van der Waals surface area contributed by atoms with Gasteiger partial charge < -0.3 is 5.32 Å². The summed E-state index contributed by atoms with van der Waals surface area (Å²) in [6.07, 6.45) is -3.35. The van der Waals surface area contributed by atoms with Crippen LogP contribution in [0.15, 0.2) is 15.9 Å². The predicted molar refractivity (Wildman–Crippen MR) is 75.4 cm³/mol. The molecule has 1 saturated carbocycles. The van der Waals surface area contributed by atoms with Gasteiger partial charge in [-0.15, -0.1) is 11.3 Å². The van der Waals surface area contributed by atoms with Crippen molar-refractivity contribution < 1.29 is 18.0 Å². The highest BCUT2D eigenvalue weighted by molar-refractivity contribution is 9.11. The van der Waals surface area contributed by atoms with Gasteiger partial charge in [-0.05, 0) is 53.7 Å². The van der Waals surface area contributed by atoms with E-state index in [0.29, 0.717) is 19.4 Å². The number of nitrogens with one attached hydrogen (secondary N) is 1. The first-order valence-electron chi connectivity index (χ1n) is 6.45. The molecule has 0 aliphatic heterocycles. The summed E-state index contributed by atoms with van der Waals surface area (Å²) < 4.78 is 38.6. The SMILES string of the molecule is O=C(NCc1ccc(Br)s1)C1CCC(C(F)(F)F)CC1. The van der Waals surface area contributed by atoms with Crippen LogP contribution in [0.2, 0.25) is 0 Å².